The van der Waals surface area contributed by atoms with Crippen LogP contribution in [0.1, 0.15) is 73.7 Å². The molecule has 0 amide bonds. The third-order valence-electron chi connectivity index (χ3n) is 10.4. The highest BCUT2D eigenvalue weighted by atomic mass is 16.5. The Morgan fingerprint density at radius 1 is 0.387 bits per heavy atom. The topological polar surface area (TPSA) is 295 Å². The van der Waals surface area contributed by atoms with Gasteiger partial charge in [0.05, 0.1) is 28.4 Å². The Labute approximate surface area is 365 Å². The zero-order chi connectivity index (χ0) is 45.3. The van der Waals surface area contributed by atoms with Crippen molar-refractivity contribution in [2.24, 2.45) is 65.8 Å². The normalized spacial score (nSPS) is 10.7. The summed E-state index contributed by atoms with van der Waals surface area (Å²) in [5, 5.41) is 0. The van der Waals surface area contributed by atoms with Crippen molar-refractivity contribution in [1.29, 1.82) is 0 Å². The molecule has 0 saturated carbocycles. The Morgan fingerprint density at radius 2 is 0.629 bits per heavy atom. The number of aryl methyl sites for hydroxylation is 2. The second-order valence-corrected chi connectivity index (χ2v) is 15.1. The molecule has 0 aromatic heterocycles. The molecule has 62 heavy (non-hydrogen) atoms. The summed E-state index contributed by atoms with van der Waals surface area (Å²) in [6.45, 7) is 5.91. The second kappa shape index (κ2) is 23.2. The van der Waals surface area contributed by atoms with Gasteiger partial charge in [0.15, 0.2) is 23.8 Å². The fourth-order valence-corrected chi connectivity index (χ4v) is 7.99. The summed E-state index contributed by atoms with van der Waals surface area (Å²) in [6, 6.07) is 17.2. The summed E-state index contributed by atoms with van der Waals surface area (Å²) >= 11 is 0. The number of rotatable bonds is 23. The third-order valence-corrected chi connectivity index (χ3v) is 10.4. The van der Waals surface area contributed by atoms with Gasteiger partial charge in [-0.05, 0) is 106 Å². The van der Waals surface area contributed by atoms with E-state index in [9.17, 15) is 0 Å². The predicted octanol–water partition coefficient (Wildman–Crippen LogP) is 2.63. The number of nitrogens with zero attached hydrogens (tertiary/aromatic N) is 4. The van der Waals surface area contributed by atoms with E-state index in [2.05, 4.69) is 75.4 Å². The van der Waals surface area contributed by atoms with Crippen molar-refractivity contribution < 1.29 is 18.9 Å². The minimum atomic E-state index is 0.0357. The molecule has 0 bridgehead atoms. The first-order valence-corrected chi connectivity index (χ1v) is 20.6. The molecule has 0 aliphatic rings. The highest BCUT2D eigenvalue weighted by molar-refractivity contribution is 5.76. The average molecular weight is 851 g/mol. The summed E-state index contributed by atoms with van der Waals surface area (Å²) in [6.07, 6.45) is 4.81. The van der Waals surface area contributed by atoms with E-state index in [4.69, 9.17) is 64.8 Å². The highest BCUT2D eigenvalue weighted by Gasteiger charge is 2.21. The van der Waals surface area contributed by atoms with Crippen LogP contribution in [0.4, 0.5) is 0 Å². The van der Waals surface area contributed by atoms with E-state index in [1.807, 2.05) is 6.92 Å². The number of hydrogen-bond donors (Lipinski definition) is 8. The van der Waals surface area contributed by atoms with Gasteiger partial charge < -0.3 is 64.8 Å². The van der Waals surface area contributed by atoms with E-state index in [1.165, 1.54) is 0 Å². The minimum Gasteiger partial charge on any atom is -0.496 e. The van der Waals surface area contributed by atoms with E-state index in [-0.39, 0.29) is 23.8 Å². The molecule has 0 atom stereocenters. The molecule has 0 fully saturated rings. The number of benzene rings is 4. The number of aliphatic imine (C=N–C) groups is 4. The lowest BCUT2D eigenvalue weighted by Gasteiger charge is -2.21. The summed E-state index contributed by atoms with van der Waals surface area (Å²) in [5.74, 6) is 3.32. The minimum absolute atomic E-state index is 0.0357. The maximum absolute atomic E-state index is 6.31. The molecular formula is C46H66N12O4. The number of ether oxygens (including phenoxy) is 4. The lowest BCUT2D eigenvalue weighted by atomic mass is 9.89. The Hall–Kier alpha value is -6.84. The zero-order valence-electron chi connectivity index (χ0n) is 37.1. The SMILES string of the molecule is CCc1cc(CCN=C(N)N)cc(Cc2cc(CCN=C(N)N)cc(Cc3cc(CCN=C(N)N)cc(Cc4cc(CCN=C(N)N)cc(C)c4OC)c3OC)c2OC)c1OC. The number of nitrogens with two attached hydrogens (primary N) is 8. The van der Waals surface area contributed by atoms with Crippen LogP contribution < -0.4 is 64.8 Å². The van der Waals surface area contributed by atoms with Crippen LogP contribution in [0, 0.1) is 6.92 Å². The number of methoxy groups -OCH3 is 4. The van der Waals surface area contributed by atoms with Crippen molar-refractivity contribution in [3.63, 3.8) is 0 Å². The van der Waals surface area contributed by atoms with E-state index in [0.29, 0.717) is 71.1 Å². The van der Waals surface area contributed by atoms with Crippen molar-refractivity contribution in [3.05, 3.63) is 115 Å². The Bertz CT molecular complexity index is 2270. The van der Waals surface area contributed by atoms with Crippen LogP contribution in [-0.4, -0.2) is 78.5 Å². The molecular weight excluding hydrogens is 785 g/mol. The molecule has 16 heteroatoms. The van der Waals surface area contributed by atoms with Crippen molar-refractivity contribution in [2.75, 3.05) is 54.6 Å². The van der Waals surface area contributed by atoms with E-state index in [1.54, 1.807) is 28.4 Å². The second-order valence-electron chi connectivity index (χ2n) is 15.1. The van der Waals surface area contributed by atoms with E-state index in [0.717, 1.165) is 96.2 Å². The summed E-state index contributed by atoms with van der Waals surface area (Å²) in [4.78, 5) is 17.0. The molecule has 0 aliphatic carbocycles. The zero-order valence-corrected chi connectivity index (χ0v) is 37.1. The molecule has 0 aliphatic heterocycles. The molecule has 4 aromatic carbocycles. The molecule has 4 rings (SSSR count). The van der Waals surface area contributed by atoms with Crippen molar-refractivity contribution in [3.8, 4) is 23.0 Å². The van der Waals surface area contributed by atoms with Crippen LogP contribution in [0.2, 0.25) is 0 Å². The van der Waals surface area contributed by atoms with Gasteiger partial charge in [-0.15, -0.1) is 0 Å². The van der Waals surface area contributed by atoms with Gasteiger partial charge in [-0.25, -0.2) is 0 Å². The molecule has 0 unspecified atom stereocenters. The first-order valence-electron chi connectivity index (χ1n) is 20.6. The highest BCUT2D eigenvalue weighted by Crippen LogP contribution is 2.38. The average Bonchev–Trinajstić information content (AvgIpc) is 3.20. The van der Waals surface area contributed by atoms with Gasteiger partial charge in [0.25, 0.3) is 0 Å². The van der Waals surface area contributed by atoms with Crippen LogP contribution in [0.15, 0.2) is 68.5 Å². The molecule has 0 heterocycles. The fraction of sp³-hybridized carbons (Fsp3) is 0.391. The van der Waals surface area contributed by atoms with Gasteiger partial charge in [0, 0.05) is 45.4 Å². The maximum Gasteiger partial charge on any atom is 0.185 e. The van der Waals surface area contributed by atoms with Crippen molar-refractivity contribution in [1.82, 2.24) is 0 Å². The van der Waals surface area contributed by atoms with Gasteiger partial charge in [0.1, 0.15) is 23.0 Å². The van der Waals surface area contributed by atoms with Crippen molar-refractivity contribution in [2.45, 2.75) is 65.2 Å². The Balaban J connectivity index is 1.91. The van der Waals surface area contributed by atoms with Crippen LogP contribution in [-0.2, 0) is 51.4 Å². The summed E-state index contributed by atoms with van der Waals surface area (Å²) in [5.41, 5.74) is 57.7. The van der Waals surface area contributed by atoms with Gasteiger partial charge in [-0.3, -0.25) is 20.0 Å². The fourth-order valence-electron chi connectivity index (χ4n) is 7.99. The Morgan fingerprint density at radius 3 is 0.887 bits per heavy atom. The standard InChI is InChI=1S/C46H66N12O4/c1-7-32-17-29(9-13-56-44(49)50)19-34(40(32)60-4)25-36-21-31(11-15-58-46(53)54)23-38(42(36)62-6)26-37-22-30(10-14-57-45(51)52)20-35(41(37)61-5)24-33-18-28(8-12-55-43(47)48)16-27(2)39(33)59-3/h16-23H,7-15,24-26H2,1-6H3,(H4,47,48,55)(H4,49,50,56)(H4,51,52,57)(H4,53,54,58). The molecule has 16 nitrogen and oxygen atoms in total. The van der Waals surface area contributed by atoms with Crippen LogP contribution >= 0.6 is 0 Å². The lowest BCUT2D eigenvalue weighted by molar-refractivity contribution is 0.397. The number of hydrogen-bond acceptors (Lipinski definition) is 8. The monoisotopic (exact) mass is 851 g/mol. The van der Waals surface area contributed by atoms with E-state index >= 15 is 0 Å². The summed E-state index contributed by atoms with van der Waals surface area (Å²) in [7, 11) is 6.78. The summed E-state index contributed by atoms with van der Waals surface area (Å²) < 4.78 is 24.6. The predicted molar refractivity (Wildman–Crippen MR) is 252 cm³/mol. The van der Waals surface area contributed by atoms with Gasteiger partial charge in [-0.1, -0.05) is 55.5 Å². The largest absolute Gasteiger partial charge is 0.496 e. The van der Waals surface area contributed by atoms with Crippen LogP contribution in [0.3, 0.4) is 0 Å². The van der Waals surface area contributed by atoms with Crippen LogP contribution in [0.5, 0.6) is 23.0 Å². The van der Waals surface area contributed by atoms with Gasteiger partial charge in [0.2, 0.25) is 0 Å². The Kier molecular flexibility index (Phi) is 17.9. The van der Waals surface area contributed by atoms with Gasteiger partial charge >= 0.3 is 0 Å². The van der Waals surface area contributed by atoms with Crippen LogP contribution in [0.25, 0.3) is 0 Å². The molecule has 334 valence electrons. The molecule has 0 spiro atoms. The smallest absolute Gasteiger partial charge is 0.185 e. The van der Waals surface area contributed by atoms with E-state index < -0.39 is 0 Å². The third kappa shape index (κ3) is 13.6. The molecule has 4 aromatic rings. The number of guanidine groups is 4. The first-order chi connectivity index (χ1) is 29.7. The maximum atomic E-state index is 6.31. The molecule has 16 N–H and O–H groups in total. The molecule has 0 saturated heterocycles. The molecule has 0 radical (unpaired) electrons. The lowest BCUT2D eigenvalue weighted by Crippen LogP contribution is -2.23. The van der Waals surface area contributed by atoms with Gasteiger partial charge in [-0.2, -0.15) is 0 Å². The first kappa shape index (κ1) is 47.8. The van der Waals surface area contributed by atoms with Crippen molar-refractivity contribution >= 4 is 23.8 Å². The quantitative estimate of drug-likeness (QED) is 0.0395.